The predicted octanol–water partition coefficient (Wildman–Crippen LogP) is 0.986. The lowest BCUT2D eigenvalue weighted by atomic mass is 15.9. The first kappa shape index (κ1) is 5.47. The summed E-state index contributed by atoms with van der Waals surface area (Å²) in [6.45, 7) is -4.44. The normalized spacial score (nSPS) is 21.4. The highest BCUT2D eigenvalue weighted by Gasteiger charge is 2.02. The number of thiol groups is 1. The van der Waals surface area contributed by atoms with E-state index in [0.717, 1.165) is 0 Å². The molecule has 0 bridgehead atoms. The van der Waals surface area contributed by atoms with Gasteiger partial charge in [-0.15, -0.1) is 4.20 Å². The lowest BCUT2D eigenvalue weighted by Crippen LogP contribution is -1.42. The Morgan fingerprint density at radius 1 is 2.00 bits per heavy atom. The molecule has 0 spiro atoms. The summed E-state index contributed by atoms with van der Waals surface area (Å²) >= 11 is 2.57. The molecule has 0 amide bonds. The van der Waals surface area contributed by atoms with Gasteiger partial charge in [0.2, 0.25) is 0 Å². The van der Waals surface area contributed by atoms with Gasteiger partial charge in [-0.3, -0.25) is 0 Å². The molecule has 0 aliphatic rings. The van der Waals surface area contributed by atoms with E-state index >= 15 is 0 Å². The van der Waals surface area contributed by atoms with Crippen LogP contribution in [0.4, 0.5) is 4.20 Å². The van der Waals surface area contributed by atoms with Crippen molar-refractivity contribution in [3.8, 4) is 0 Å². The smallest absolute Gasteiger partial charge is 0.314 e. The van der Waals surface area contributed by atoms with Crippen molar-refractivity contribution < 1.29 is 13.7 Å². The van der Waals surface area contributed by atoms with Crippen LogP contribution in [0.5, 0.6) is 0 Å². The van der Waals surface area contributed by atoms with Crippen LogP contribution < -0.4 is 0 Å². The average Bonchev–Trinajstić information content (AvgIpc) is 0.722. The van der Waals surface area contributed by atoms with E-state index in [1.165, 1.54) is 0 Å². The Morgan fingerprint density at radius 3 is 2.00 bits per heavy atom. The van der Waals surface area contributed by atoms with Crippen molar-refractivity contribution in [1.29, 1.82) is 0 Å². The monoisotopic (exact) mass is 116 g/mol. The van der Waals surface area contributed by atoms with E-state index in [2.05, 4.69) is 12.2 Å². The summed E-state index contributed by atoms with van der Waals surface area (Å²) in [5.74, 6) is 0. The Morgan fingerprint density at radius 2 is 2.00 bits per heavy atom. The fraction of sp³-hybridized carbons (Fsp3) is 0. The minimum atomic E-state index is -4.44. The third kappa shape index (κ3) is 123. The van der Waals surface area contributed by atoms with Crippen molar-refractivity contribution in [3.05, 3.63) is 0 Å². The van der Waals surface area contributed by atoms with E-state index in [4.69, 9.17) is 9.46 Å². The van der Waals surface area contributed by atoms with Crippen LogP contribution in [-0.2, 0) is 4.57 Å². The van der Waals surface area contributed by atoms with Crippen LogP contribution >= 0.6 is 19.1 Å². The molecule has 0 heterocycles. The Balaban J connectivity index is 3.47. The van der Waals surface area contributed by atoms with E-state index in [1.54, 1.807) is 0 Å². The molecule has 0 aromatic heterocycles. The van der Waals surface area contributed by atoms with Crippen molar-refractivity contribution in [2.75, 3.05) is 0 Å². The molecule has 1 atom stereocenters. The molecular formula is H2FO2PS. The van der Waals surface area contributed by atoms with Crippen LogP contribution in [0.2, 0.25) is 0 Å². The van der Waals surface area contributed by atoms with Gasteiger partial charge in [0.1, 0.15) is 0 Å². The van der Waals surface area contributed by atoms with E-state index in [0.29, 0.717) is 0 Å². The Kier molecular flexibility index (Phi) is 1.41. The second-order valence-corrected chi connectivity index (χ2v) is 2.90. The first-order chi connectivity index (χ1) is 2.00. The molecular weight excluding hydrogens is 114 g/mol. The number of hydrogen-bond acceptors (Lipinski definition) is 1. The van der Waals surface area contributed by atoms with Crippen LogP contribution in [0.15, 0.2) is 0 Å². The standard InChI is InChI=1S/FH2O2PS/c1-4(2,3)5/h(H2,2,3,5). The minimum Gasteiger partial charge on any atom is -0.314 e. The summed E-state index contributed by atoms with van der Waals surface area (Å²) in [4.78, 5) is 7.27. The zero-order valence-electron chi connectivity index (χ0n) is 2.13. The number of hydrogen-bond donors (Lipinski definition) is 2. The average molecular weight is 116 g/mol. The van der Waals surface area contributed by atoms with Gasteiger partial charge in [-0.2, -0.15) is 0 Å². The fourth-order valence-electron chi connectivity index (χ4n) is 0. The SMILES string of the molecule is O=P(O)(F)S. The highest BCUT2D eigenvalue weighted by molar-refractivity contribution is 8.44. The predicted molar refractivity (Wildman–Crippen MR) is 19.9 cm³/mol. The second kappa shape index (κ2) is 1.29. The molecule has 5 heteroatoms. The fourth-order valence-corrected chi connectivity index (χ4v) is 0. The largest absolute Gasteiger partial charge is 0.419 e. The Bertz CT molecular complexity index is 55.8. The van der Waals surface area contributed by atoms with Gasteiger partial charge in [-0.1, -0.05) is 12.2 Å². The van der Waals surface area contributed by atoms with E-state index < -0.39 is 6.88 Å². The van der Waals surface area contributed by atoms with Crippen LogP contribution in [0.1, 0.15) is 0 Å². The van der Waals surface area contributed by atoms with Gasteiger partial charge in [-0.05, 0) is 0 Å². The number of rotatable bonds is 0. The van der Waals surface area contributed by atoms with E-state index in [1.807, 2.05) is 0 Å². The van der Waals surface area contributed by atoms with E-state index in [9.17, 15) is 4.20 Å². The molecule has 0 aliphatic carbocycles. The molecule has 0 fully saturated rings. The van der Waals surface area contributed by atoms with Gasteiger partial charge >= 0.3 is 6.88 Å². The molecule has 0 saturated carbocycles. The van der Waals surface area contributed by atoms with Crippen LogP contribution in [0.3, 0.4) is 0 Å². The topological polar surface area (TPSA) is 37.3 Å². The van der Waals surface area contributed by atoms with Crippen molar-refractivity contribution in [1.82, 2.24) is 0 Å². The van der Waals surface area contributed by atoms with Gasteiger partial charge < -0.3 is 4.89 Å². The molecule has 0 radical (unpaired) electrons. The van der Waals surface area contributed by atoms with Crippen molar-refractivity contribution >= 4 is 19.1 Å². The quantitative estimate of drug-likeness (QED) is 0.365. The summed E-state index contributed by atoms with van der Waals surface area (Å²) in [6.07, 6.45) is 0. The molecule has 0 rings (SSSR count). The van der Waals surface area contributed by atoms with Crippen LogP contribution in [0.25, 0.3) is 0 Å². The molecule has 0 aromatic carbocycles. The van der Waals surface area contributed by atoms with Gasteiger partial charge in [-0.25, -0.2) is 4.57 Å². The highest BCUT2D eigenvalue weighted by Crippen LogP contribution is 2.46. The lowest BCUT2D eigenvalue weighted by molar-refractivity contribution is 0.453. The van der Waals surface area contributed by atoms with Crippen LogP contribution in [0, 0.1) is 0 Å². The molecule has 1 N–H and O–H groups in total. The van der Waals surface area contributed by atoms with Crippen molar-refractivity contribution in [2.45, 2.75) is 0 Å². The third-order valence-electron chi connectivity index (χ3n) is 0. The Hall–Kier alpha value is 0.470. The lowest BCUT2D eigenvalue weighted by Gasteiger charge is -1.78. The van der Waals surface area contributed by atoms with Crippen molar-refractivity contribution in [2.24, 2.45) is 0 Å². The zero-order chi connectivity index (χ0) is 4.50. The summed E-state index contributed by atoms with van der Waals surface area (Å²) in [5, 5.41) is 0. The number of halogens is 1. The molecule has 0 saturated heterocycles. The maximum absolute atomic E-state index is 10.7. The summed E-state index contributed by atoms with van der Waals surface area (Å²) in [6, 6.07) is 0. The molecule has 0 aromatic rings. The Labute approximate surface area is 33.7 Å². The maximum Gasteiger partial charge on any atom is 0.419 e. The molecule has 2 nitrogen and oxygen atoms in total. The molecule has 5 heavy (non-hydrogen) atoms. The second-order valence-electron chi connectivity index (χ2n) is 0.473. The molecule has 32 valence electrons. The summed E-state index contributed by atoms with van der Waals surface area (Å²) < 4.78 is 19.6. The van der Waals surface area contributed by atoms with E-state index in [-0.39, 0.29) is 0 Å². The van der Waals surface area contributed by atoms with Crippen LogP contribution in [-0.4, -0.2) is 4.89 Å². The molecule has 0 aliphatic heterocycles. The van der Waals surface area contributed by atoms with Gasteiger partial charge in [0.05, 0.1) is 0 Å². The maximum atomic E-state index is 10.7. The highest BCUT2D eigenvalue weighted by atomic mass is 32.7. The van der Waals surface area contributed by atoms with Gasteiger partial charge in [0.15, 0.2) is 0 Å². The minimum absolute atomic E-state index is 2.57. The van der Waals surface area contributed by atoms with Gasteiger partial charge in [0.25, 0.3) is 0 Å². The first-order valence-electron chi connectivity index (χ1n) is 0.752. The molecule has 1 unspecified atom stereocenters. The zero-order valence-corrected chi connectivity index (χ0v) is 3.92. The van der Waals surface area contributed by atoms with Crippen molar-refractivity contribution in [3.63, 3.8) is 0 Å². The first-order valence-corrected chi connectivity index (χ1v) is 3.45. The third-order valence-corrected chi connectivity index (χ3v) is 0. The summed E-state index contributed by atoms with van der Waals surface area (Å²) in [7, 11) is 0. The summed E-state index contributed by atoms with van der Waals surface area (Å²) in [5.41, 5.74) is 0. The van der Waals surface area contributed by atoms with Gasteiger partial charge in [0, 0.05) is 0 Å².